The van der Waals surface area contributed by atoms with Crippen LogP contribution in [0.1, 0.15) is 50.1 Å². The molecule has 0 aliphatic carbocycles. The summed E-state index contributed by atoms with van der Waals surface area (Å²) in [6, 6.07) is 14.6. The van der Waals surface area contributed by atoms with Gasteiger partial charge in [-0.1, -0.05) is 43.3 Å². The molecule has 3 rings (SSSR count). The predicted octanol–water partition coefficient (Wildman–Crippen LogP) is 4.62. The fourth-order valence-electron chi connectivity index (χ4n) is 3.63. The van der Waals surface area contributed by atoms with Crippen LogP contribution in [0.3, 0.4) is 0 Å². The molecule has 0 spiro atoms. The maximum atomic E-state index is 12.9. The van der Waals surface area contributed by atoms with Crippen LogP contribution in [-0.4, -0.2) is 30.4 Å². The minimum atomic E-state index is -0.530. The Morgan fingerprint density at radius 3 is 2.50 bits per heavy atom. The maximum Gasteiger partial charge on any atom is 0.230 e. The SMILES string of the molecule is CC1CCN(C(CNC(=O)C(C)(C)c2ccccc2)c2cccs2)CC1. The van der Waals surface area contributed by atoms with Crippen molar-refractivity contribution in [3.05, 3.63) is 58.3 Å². The first-order valence-corrected chi connectivity index (χ1v) is 10.5. The van der Waals surface area contributed by atoms with Crippen LogP contribution >= 0.6 is 11.3 Å². The van der Waals surface area contributed by atoms with Crippen molar-refractivity contribution >= 4 is 17.2 Å². The Balaban J connectivity index is 1.69. The third kappa shape index (κ3) is 4.36. The number of carbonyl (C=O) groups excluding carboxylic acids is 1. The van der Waals surface area contributed by atoms with Gasteiger partial charge in [0.05, 0.1) is 11.5 Å². The molecule has 0 radical (unpaired) electrons. The lowest BCUT2D eigenvalue weighted by atomic mass is 9.83. The number of carbonyl (C=O) groups is 1. The van der Waals surface area contributed by atoms with Crippen LogP contribution in [0.25, 0.3) is 0 Å². The van der Waals surface area contributed by atoms with Crippen LogP contribution in [0.5, 0.6) is 0 Å². The summed E-state index contributed by atoms with van der Waals surface area (Å²) in [6.07, 6.45) is 2.48. The summed E-state index contributed by atoms with van der Waals surface area (Å²) < 4.78 is 0. The molecule has 140 valence electrons. The molecule has 2 aromatic rings. The summed E-state index contributed by atoms with van der Waals surface area (Å²) in [4.78, 5) is 16.8. The van der Waals surface area contributed by atoms with Gasteiger partial charge in [0, 0.05) is 11.4 Å². The molecule has 0 saturated carbocycles. The molecule has 1 N–H and O–H groups in total. The van der Waals surface area contributed by atoms with Crippen molar-refractivity contribution in [2.24, 2.45) is 5.92 Å². The number of benzene rings is 1. The Kier molecular flexibility index (Phi) is 6.15. The first kappa shape index (κ1) is 19.1. The van der Waals surface area contributed by atoms with E-state index in [1.54, 1.807) is 11.3 Å². The number of rotatable bonds is 6. The smallest absolute Gasteiger partial charge is 0.230 e. The van der Waals surface area contributed by atoms with Gasteiger partial charge in [-0.2, -0.15) is 0 Å². The minimum absolute atomic E-state index is 0.0932. The number of piperidine rings is 1. The highest BCUT2D eigenvalue weighted by Crippen LogP contribution is 2.30. The van der Waals surface area contributed by atoms with Gasteiger partial charge in [0.25, 0.3) is 0 Å². The topological polar surface area (TPSA) is 32.3 Å². The van der Waals surface area contributed by atoms with E-state index < -0.39 is 5.41 Å². The first-order chi connectivity index (χ1) is 12.5. The van der Waals surface area contributed by atoms with E-state index in [9.17, 15) is 4.79 Å². The average Bonchev–Trinajstić information content (AvgIpc) is 3.18. The van der Waals surface area contributed by atoms with Crippen LogP contribution in [-0.2, 0) is 10.2 Å². The van der Waals surface area contributed by atoms with Gasteiger partial charge < -0.3 is 5.32 Å². The van der Waals surface area contributed by atoms with Gasteiger partial charge in [-0.3, -0.25) is 9.69 Å². The fraction of sp³-hybridized carbons (Fsp3) is 0.500. The monoisotopic (exact) mass is 370 g/mol. The van der Waals surface area contributed by atoms with E-state index >= 15 is 0 Å². The second-order valence-electron chi connectivity index (χ2n) is 7.95. The number of thiophene rings is 1. The molecule has 4 heteroatoms. The molecule has 2 heterocycles. The Hall–Kier alpha value is -1.65. The molecule has 1 unspecified atom stereocenters. The third-order valence-corrected chi connectivity index (χ3v) is 6.62. The Morgan fingerprint density at radius 1 is 1.19 bits per heavy atom. The van der Waals surface area contributed by atoms with Crippen molar-refractivity contribution in [1.82, 2.24) is 10.2 Å². The van der Waals surface area contributed by atoms with Crippen molar-refractivity contribution in [2.45, 2.75) is 45.1 Å². The number of nitrogens with zero attached hydrogens (tertiary/aromatic N) is 1. The van der Waals surface area contributed by atoms with Crippen LogP contribution in [0.15, 0.2) is 47.8 Å². The number of hydrogen-bond acceptors (Lipinski definition) is 3. The zero-order valence-corrected chi connectivity index (χ0v) is 16.9. The van der Waals surface area contributed by atoms with Crippen molar-refractivity contribution < 1.29 is 4.79 Å². The van der Waals surface area contributed by atoms with Crippen LogP contribution in [0.4, 0.5) is 0 Å². The summed E-state index contributed by atoms with van der Waals surface area (Å²) in [7, 11) is 0. The highest BCUT2D eigenvalue weighted by molar-refractivity contribution is 7.10. The summed E-state index contributed by atoms with van der Waals surface area (Å²) in [5.74, 6) is 0.900. The average molecular weight is 371 g/mol. The van der Waals surface area contributed by atoms with Crippen LogP contribution in [0, 0.1) is 5.92 Å². The highest BCUT2D eigenvalue weighted by Gasteiger charge is 2.31. The molecule has 1 aliphatic rings. The zero-order valence-electron chi connectivity index (χ0n) is 16.1. The van der Waals surface area contributed by atoms with Crippen LogP contribution in [0.2, 0.25) is 0 Å². The number of nitrogens with one attached hydrogen (secondary N) is 1. The molecule has 1 aliphatic heterocycles. The Labute approximate surface area is 161 Å². The van der Waals surface area contributed by atoms with Gasteiger partial charge in [-0.05, 0) is 62.7 Å². The van der Waals surface area contributed by atoms with E-state index in [-0.39, 0.29) is 11.9 Å². The van der Waals surface area contributed by atoms with Crippen molar-refractivity contribution in [2.75, 3.05) is 19.6 Å². The van der Waals surface area contributed by atoms with Gasteiger partial charge >= 0.3 is 0 Å². The molecular formula is C22H30N2OS. The largest absolute Gasteiger partial charge is 0.353 e. The van der Waals surface area contributed by atoms with Crippen molar-refractivity contribution in [1.29, 1.82) is 0 Å². The van der Waals surface area contributed by atoms with Gasteiger partial charge in [-0.15, -0.1) is 11.3 Å². The first-order valence-electron chi connectivity index (χ1n) is 9.59. The maximum absolute atomic E-state index is 12.9. The normalized spacial score (nSPS) is 17.8. The van der Waals surface area contributed by atoms with Crippen LogP contribution < -0.4 is 5.32 Å². The van der Waals surface area contributed by atoms with Gasteiger partial charge in [0.1, 0.15) is 0 Å². The zero-order chi connectivity index (χ0) is 18.6. The molecule has 3 nitrogen and oxygen atoms in total. The predicted molar refractivity (Wildman–Crippen MR) is 110 cm³/mol. The lowest BCUT2D eigenvalue weighted by molar-refractivity contribution is -0.126. The number of likely N-dealkylation sites (tertiary alicyclic amines) is 1. The van der Waals surface area contributed by atoms with E-state index in [0.717, 1.165) is 24.6 Å². The minimum Gasteiger partial charge on any atom is -0.353 e. The fourth-order valence-corrected chi connectivity index (χ4v) is 4.49. The molecule has 26 heavy (non-hydrogen) atoms. The molecule has 0 bridgehead atoms. The second kappa shape index (κ2) is 8.36. The second-order valence-corrected chi connectivity index (χ2v) is 8.93. The van der Waals surface area contributed by atoms with Gasteiger partial charge in [-0.25, -0.2) is 0 Å². The summed E-state index contributed by atoms with van der Waals surface area (Å²) in [5.41, 5.74) is 0.523. The van der Waals surface area contributed by atoms with Crippen molar-refractivity contribution in [3.63, 3.8) is 0 Å². The van der Waals surface area contributed by atoms with Gasteiger partial charge in [0.2, 0.25) is 5.91 Å². The quantitative estimate of drug-likeness (QED) is 0.805. The number of amides is 1. The van der Waals surface area contributed by atoms with Gasteiger partial charge in [0.15, 0.2) is 0 Å². The van der Waals surface area contributed by atoms with E-state index in [4.69, 9.17) is 0 Å². The summed E-state index contributed by atoms with van der Waals surface area (Å²) in [5, 5.41) is 5.37. The van der Waals surface area contributed by atoms with E-state index in [2.05, 4.69) is 34.7 Å². The standard InChI is InChI=1S/C22H30N2OS/c1-17-11-13-24(14-12-17)19(20-10-7-15-26-20)16-23-21(25)22(2,3)18-8-5-4-6-9-18/h4-10,15,17,19H,11-14,16H2,1-3H3,(H,23,25). The Bertz CT molecular complexity index is 688. The van der Waals surface area contributed by atoms with Crippen molar-refractivity contribution in [3.8, 4) is 0 Å². The highest BCUT2D eigenvalue weighted by atomic mass is 32.1. The lowest BCUT2D eigenvalue weighted by Crippen LogP contribution is -2.46. The molecule has 1 aromatic carbocycles. The Morgan fingerprint density at radius 2 is 1.88 bits per heavy atom. The lowest BCUT2D eigenvalue weighted by Gasteiger charge is -2.37. The molecule has 1 amide bonds. The molecule has 1 atom stereocenters. The molecule has 1 aromatic heterocycles. The van der Waals surface area contributed by atoms with E-state index in [1.165, 1.54) is 17.7 Å². The summed E-state index contributed by atoms with van der Waals surface area (Å²) >= 11 is 1.79. The molecular weight excluding hydrogens is 340 g/mol. The van der Waals surface area contributed by atoms with E-state index in [0.29, 0.717) is 6.54 Å². The van der Waals surface area contributed by atoms with E-state index in [1.807, 2.05) is 44.2 Å². The molecule has 1 saturated heterocycles. The number of hydrogen-bond donors (Lipinski definition) is 1. The molecule has 1 fully saturated rings. The summed E-state index contributed by atoms with van der Waals surface area (Å²) in [6.45, 7) is 9.23. The third-order valence-electron chi connectivity index (χ3n) is 5.65.